The molecule has 0 bridgehead atoms. The molecular weight excluding hydrogens is 182 g/mol. The predicted octanol–water partition coefficient (Wildman–Crippen LogP) is 1.59. The molecule has 0 unspecified atom stereocenters. The van der Waals surface area contributed by atoms with Crippen molar-refractivity contribution < 1.29 is 4.79 Å². The van der Waals surface area contributed by atoms with Crippen molar-refractivity contribution in [1.29, 1.82) is 0 Å². The molecule has 1 aromatic rings. The summed E-state index contributed by atoms with van der Waals surface area (Å²) in [4.78, 5) is 11.5. The smallest absolute Gasteiger partial charge is 0.217 e. The number of aryl methyl sites for hydroxylation is 1. The Bertz CT molecular complexity index is 210. The van der Waals surface area contributed by atoms with E-state index < -0.39 is 0 Å². The lowest BCUT2D eigenvalue weighted by atomic mass is 10.2. The van der Waals surface area contributed by atoms with Gasteiger partial charge in [-0.15, -0.1) is 23.7 Å². The summed E-state index contributed by atoms with van der Waals surface area (Å²) in [5.74, 6) is -0.228. The molecule has 1 amide bonds. The topological polar surface area (TPSA) is 43.1 Å². The SMILES string of the molecule is Cl.NC(=O)CCc1cccs1. The van der Waals surface area contributed by atoms with Crippen LogP contribution in [0.25, 0.3) is 0 Å². The quantitative estimate of drug-likeness (QED) is 0.775. The number of hydrogen-bond donors (Lipinski definition) is 1. The van der Waals surface area contributed by atoms with Crippen molar-refractivity contribution in [2.75, 3.05) is 0 Å². The minimum absolute atomic E-state index is 0. The standard InChI is InChI=1S/C7H9NOS.ClH/c8-7(9)4-3-6-2-1-5-10-6;/h1-2,5H,3-4H2,(H2,8,9);1H. The molecule has 0 spiro atoms. The Morgan fingerprint density at radius 3 is 2.82 bits per heavy atom. The molecule has 0 atom stereocenters. The highest BCUT2D eigenvalue weighted by Crippen LogP contribution is 2.09. The highest BCUT2D eigenvalue weighted by atomic mass is 35.5. The van der Waals surface area contributed by atoms with E-state index in [1.54, 1.807) is 11.3 Å². The van der Waals surface area contributed by atoms with E-state index in [0.29, 0.717) is 6.42 Å². The molecule has 11 heavy (non-hydrogen) atoms. The Hall–Kier alpha value is -0.540. The molecular formula is C7H10ClNOS. The zero-order valence-corrected chi connectivity index (χ0v) is 7.58. The molecule has 0 aliphatic carbocycles. The molecule has 2 nitrogen and oxygen atoms in total. The maximum absolute atomic E-state index is 10.3. The number of amides is 1. The third-order valence-electron chi connectivity index (χ3n) is 1.20. The van der Waals surface area contributed by atoms with Crippen LogP contribution in [-0.2, 0) is 11.2 Å². The number of hydrogen-bond acceptors (Lipinski definition) is 2. The lowest BCUT2D eigenvalue weighted by molar-refractivity contribution is -0.117. The summed E-state index contributed by atoms with van der Waals surface area (Å²) in [5.41, 5.74) is 4.97. The minimum atomic E-state index is -0.228. The molecule has 0 saturated carbocycles. The molecule has 0 saturated heterocycles. The van der Waals surface area contributed by atoms with Crippen LogP contribution in [0.5, 0.6) is 0 Å². The molecule has 1 heterocycles. The average Bonchev–Trinajstić information content (AvgIpc) is 2.34. The fourth-order valence-corrected chi connectivity index (χ4v) is 1.41. The van der Waals surface area contributed by atoms with Crippen molar-refractivity contribution in [1.82, 2.24) is 0 Å². The summed E-state index contributed by atoms with van der Waals surface area (Å²) in [6, 6.07) is 3.98. The van der Waals surface area contributed by atoms with Crippen LogP contribution in [-0.4, -0.2) is 5.91 Å². The Labute approximate surface area is 75.8 Å². The number of thiophene rings is 1. The van der Waals surface area contributed by atoms with Gasteiger partial charge >= 0.3 is 0 Å². The van der Waals surface area contributed by atoms with Crippen LogP contribution in [0, 0.1) is 0 Å². The van der Waals surface area contributed by atoms with Crippen molar-refractivity contribution in [3.05, 3.63) is 22.4 Å². The normalized spacial score (nSPS) is 8.73. The number of carbonyl (C=O) groups is 1. The van der Waals surface area contributed by atoms with Crippen LogP contribution in [0.3, 0.4) is 0 Å². The number of rotatable bonds is 3. The fraction of sp³-hybridized carbons (Fsp3) is 0.286. The van der Waals surface area contributed by atoms with Gasteiger partial charge in [-0.1, -0.05) is 6.07 Å². The van der Waals surface area contributed by atoms with Gasteiger partial charge in [0, 0.05) is 11.3 Å². The molecule has 62 valence electrons. The van der Waals surface area contributed by atoms with Crippen molar-refractivity contribution in [3.8, 4) is 0 Å². The van der Waals surface area contributed by atoms with Gasteiger partial charge < -0.3 is 5.73 Å². The van der Waals surface area contributed by atoms with Crippen LogP contribution in [0.15, 0.2) is 17.5 Å². The zero-order chi connectivity index (χ0) is 7.40. The minimum Gasteiger partial charge on any atom is -0.370 e. The molecule has 0 fully saturated rings. The first-order chi connectivity index (χ1) is 4.79. The van der Waals surface area contributed by atoms with Crippen LogP contribution in [0.4, 0.5) is 0 Å². The summed E-state index contributed by atoms with van der Waals surface area (Å²) in [5, 5.41) is 2.00. The van der Waals surface area contributed by atoms with Gasteiger partial charge in [0.05, 0.1) is 0 Å². The molecule has 4 heteroatoms. The Balaban J connectivity index is 0.000001000. The van der Waals surface area contributed by atoms with Gasteiger partial charge in [-0.2, -0.15) is 0 Å². The largest absolute Gasteiger partial charge is 0.370 e. The van der Waals surface area contributed by atoms with Gasteiger partial charge in [-0.25, -0.2) is 0 Å². The first kappa shape index (κ1) is 10.5. The number of primary amides is 1. The van der Waals surface area contributed by atoms with Gasteiger partial charge in [0.25, 0.3) is 0 Å². The van der Waals surface area contributed by atoms with Crippen molar-refractivity contribution >= 4 is 29.7 Å². The summed E-state index contributed by atoms with van der Waals surface area (Å²) in [7, 11) is 0. The number of halogens is 1. The molecule has 1 aromatic heterocycles. The van der Waals surface area contributed by atoms with E-state index in [1.807, 2.05) is 17.5 Å². The second-order valence-electron chi connectivity index (χ2n) is 2.05. The van der Waals surface area contributed by atoms with Crippen molar-refractivity contribution in [2.45, 2.75) is 12.8 Å². The third-order valence-corrected chi connectivity index (χ3v) is 2.13. The molecule has 0 aliphatic rings. The van der Waals surface area contributed by atoms with Crippen LogP contribution in [0.2, 0.25) is 0 Å². The van der Waals surface area contributed by atoms with Crippen LogP contribution in [0.1, 0.15) is 11.3 Å². The highest BCUT2D eigenvalue weighted by Gasteiger charge is 1.96. The summed E-state index contributed by atoms with van der Waals surface area (Å²) in [6.45, 7) is 0. The first-order valence-electron chi connectivity index (χ1n) is 3.10. The van der Waals surface area contributed by atoms with Gasteiger partial charge in [-0.05, 0) is 17.9 Å². The van der Waals surface area contributed by atoms with E-state index in [9.17, 15) is 4.79 Å². The van der Waals surface area contributed by atoms with Crippen molar-refractivity contribution in [2.24, 2.45) is 5.73 Å². The average molecular weight is 192 g/mol. The van der Waals surface area contributed by atoms with Gasteiger partial charge in [0.1, 0.15) is 0 Å². The van der Waals surface area contributed by atoms with Crippen LogP contribution >= 0.6 is 23.7 Å². The predicted molar refractivity (Wildman–Crippen MR) is 49.1 cm³/mol. The van der Waals surface area contributed by atoms with E-state index in [-0.39, 0.29) is 18.3 Å². The van der Waals surface area contributed by atoms with E-state index in [4.69, 9.17) is 5.73 Å². The third kappa shape index (κ3) is 4.01. The van der Waals surface area contributed by atoms with Crippen LogP contribution < -0.4 is 5.73 Å². The second kappa shape index (κ2) is 5.16. The highest BCUT2D eigenvalue weighted by molar-refractivity contribution is 7.09. The van der Waals surface area contributed by atoms with E-state index in [1.165, 1.54) is 4.88 Å². The van der Waals surface area contributed by atoms with E-state index in [2.05, 4.69) is 0 Å². The molecule has 1 rings (SSSR count). The lowest BCUT2D eigenvalue weighted by Crippen LogP contribution is -2.10. The Kier molecular flexibility index (Phi) is 4.90. The van der Waals surface area contributed by atoms with Gasteiger partial charge in [0.15, 0.2) is 0 Å². The molecule has 0 radical (unpaired) electrons. The van der Waals surface area contributed by atoms with E-state index in [0.717, 1.165) is 6.42 Å². The second-order valence-corrected chi connectivity index (χ2v) is 3.08. The zero-order valence-electron chi connectivity index (χ0n) is 5.95. The van der Waals surface area contributed by atoms with Gasteiger partial charge in [0.2, 0.25) is 5.91 Å². The number of carbonyl (C=O) groups excluding carboxylic acids is 1. The molecule has 0 aliphatic heterocycles. The monoisotopic (exact) mass is 191 g/mol. The first-order valence-corrected chi connectivity index (χ1v) is 3.97. The molecule has 0 aromatic carbocycles. The fourth-order valence-electron chi connectivity index (χ4n) is 0.701. The van der Waals surface area contributed by atoms with E-state index >= 15 is 0 Å². The van der Waals surface area contributed by atoms with Gasteiger partial charge in [-0.3, -0.25) is 4.79 Å². The Morgan fingerprint density at radius 2 is 2.36 bits per heavy atom. The molecule has 2 N–H and O–H groups in total. The maximum Gasteiger partial charge on any atom is 0.217 e. The Morgan fingerprint density at radius 1 is 1.64 bits per heavy atom. The summed E-state index contributed by atoms with van der Waals surface area (Å²) in [6.07, 6.45) is 1.24. The maximum atomic E-state index is 10.3. The lowest BCUT2D eigenvalue weighted by Gasteiger charge is -1.90. The van der Waals surface area contributed by atoms with Crippen molar-refractivity contribution in [3.63, 3.8) is 0 Å². The summed E-state index contributed by atoms with van der Waals surface area (Å²) < 4.78 is 0. The number of nitrogens with two attached hydrogens (primary N) is 1. The summed E-state index contributed by atoms with van der Waals surface area (Å²) >= 11 is 1.66.